The number of rotatable bonds is 15. The van der Waals surface area contributed by atoms with Gasteiger partial charge < -0.3 is 14.2 Å². The quantitative estimate of drug-likeness (QED) is 0.253. The molecule has 0 saturated heterocycles. The average Bonchev–Trinajstić information content (AvgIpc) is 2.48. The highest BCUT2D eigenvalue weighted by Crippen LogP contribution is 2.10. The van der Waals surface area contributed by atoms with Gasteiger partial charge in [0, 0.05) is 17.2 Å². The molecule has 0 heterocycles. The molecule has 3 nitrogen and oxygen atoms in total. The Hall–Kier alpha value is -0.249. The van der Waals surface area contributed by atoms with Crippen molar-refractivity contribution >= 4 is 28.6 Å². The number of ether oxygens (including phenoxy) is 3. The zero-order valence-corrected chi connectivity index (χ0v) is 18.9. The summed E-state index contributed by atoms with van der Waals surface area (Å²) in [6, 6.07) is 3.24. The Kier molecular flexibility index (Phi) is 14.2. The van der Waals surface area contributed by atoms with Gasteiger partial charge in [-0.15, -0.1) is 19.7 Å². The van der Waals surface area contributed by atoms with Crippen LogP contribution in [0.25, 0.3) is 0 Å². The van der Waals surface area contributed by atoms with E-state index in [1.54, 1.807) is 0 Å². The molecule has 0 N–H and O–H groups in total. The molecule has 22 heavy (non-hydrogen) atoms. The van der Waals surface area contributed by atoms with E-state index in [0.29, 0.717) is 0 Å². The summed E-state index contributed by atoms with van der Waals surface area (Å²) in [6.45, 7) is 17.2. The Morgan fingerprint density at radius 1 is 0.682 bits per heavy atom. The largest absolute Gasteiger partial charge is 0.331 e. The maximum Gasteiger partial charge on any atom is 0.271 e. The SMILES string of the molecule is C=CC[SiH2]C(C)OC(OC(C)[SiH2]CC=C)OC(C)[SiH2]CC=C. The highest BCUT2D eigenvalue weighted by Gasteiger charge is 2.20. The number of hydrogen-bond acceptors (Lipinski definition) is 3. The first-order valence-electron chi connectivity index (χ1n) is 8.32. The molecule has 3 unspecified atom stereocenters. The van der Waals surface area contributed by atoms with Crippen molar-refractivity contribution < 1.29 is 14.2 Å². The maximum atomic E-state index is 6.02. The van der Waals surface area contributed by atoms with E-state index in [9.17, 15) is 0 Å². The van der Waals surface area contributed by atoms with Gasteiger partial charge in [-0.05, 0) is 38.9 Å². The van der Waals surface area contributed by atoms with Crippen LogP contribution in [0.1, 0.15) is 20.8 Å². The van der Waals surface area contributed by atoms with Crippen LogP contribution in [0.15, 0.2) is 38.0 Å². The van der Waals surface area contributed by atoms with Crippen LogP contribution < -0.4 is 0 Å². The lowest BCUT2D eigenvalue weighted by Gasteiger charge is -2.27. The van der Waals surface area contributed by atoms with Gasteiger partial charge in [-0.3, -0.25) is 0 Å². The average molecular weight is 359 g/mol. The van der Waals surface area contributed by atoms with Crippen molar-refractivity contribution in [3.63, 3.8) is 0 Å². The molecule has 0 fully saturated rings. The fourth-order valence-electron chi connectivity index (χ4n) is 1.93. The molecule has 0 aromatic carbocycles. The number of hydrogen-bond donors (Lipinski definition) is 0. The van der Waals surface area contributed by atoms with Gasteiger partial charge >= 0.3 is 0 Å². The molecule has 0 aliphatic rings. The standard InChI is InChI=1S/C16H34O3Si3/c1-7-10-20-13(4)17-16(18-14(5)21-11-8-2)19-15(6)22-12-9-3/h7-9,13-16H,1-3,10-12,20-22H2,4-6H3. The Morgan fingerprint density at radius 3 is 1.18 bits per heavy atom. The molecule has 0 aliphatic carbocycles. The van der Waals surface area contributed by atoms with Gasteiger partial charge in [0.1, 0.15) is 0 Å². The molecule has 3 atom stereocenters. The molecule has 0 rings (SSSR count). The summed E-state index contributed by atoms with van der Waals surface area (Å²) >= 11 is 0. The fourth-order valence-corrected chi connectivity index (χ4v) is 4.92. The van der Waals surface area contributed by atoms with E-state index in [0.717, 1.165) is 18.1 Å². The molecule has 0 aromatic rings. The van der Waals surface area contributed by atoms with Crippen molar-refractivity contribution in [3.05, 3.63) is 38.0 Å². The first-order chi connectivity index (χ1) is 10.5. The van der Waals surface area contributed by atoms with Crippen LogP contribution in [0, 0.1) is 0 Å². The molecular formula is C16H34O3Si3. The summed E-state index contributed by atoms with van der Waals surface area (Å²) < 4.78 is 18.0. The predicted octanol–water partition coefficient (Wildman–Crippen LogP) is 1.68. The summed E-state index contributed by atoms with van der Waals surface area (Å²) in [6.07, 6.45) is 5.92. The second kappa shape index (κ2) is 14.3. The lowest BCUT2D eigenvalue weighted by molar-refractivity contribution is -0.302. The molecule has 0 spiro atoms. The zero-order valence-electron chi connectivity index (χ0n) is 14.6. The van der Waals surface area contributed by atoms with Gasteiger partial charge in [0.25, 0.3) is 6.48 Å². The summed E-state index contributed by atoms with van der Waals surface area (Å²) in [7, 11) is -0.950. The van der Waals surface area contributed by atoms with Crippen LogP contribution in [-0.2, 0) is 14.2 Å². The fraction of sp³-hybridized carbons (Fsp3) is 0.625. The zero-order chi connectivity index (χ0) is 16.8. The van der Waals surface area contributed by atoms with Crippen molar-refractivity contribution in [1.82, 2.24) is 0 Å². The summed E-state index contributed by atoms with van der Waals surface area (Å²) in [5.74, 6) is 0. The summed E-state index contributed by atoms with van der Waals surface area (Å²) in [4.78, 5) is 0. The third kappa shape index (κ3) is 12.3. The molecule has 0 aromatic heterocycles. The van der Waals surface area contributed by atoms with Crippen molar-refractivity contribution in [2.24, 2.45) is 0 Å². The molecule has 128 valence electrons. The van der Waals surface area contributed by atoms with Gasteiger partial charge in [-0.25, -0.2) is 0 Å². The summed E-state index contributed by atoms with van der Waals surface area (Å²) in [5, 5.41) is 0. The molecule has 0 amide bonds. The van der Waals surface area contributed by atoms with E-state index in [1.807, 2.05) is 18.2 Å². The first kappa shape index (κ1) is 21.8. The molecule has 0 saturated carbocycles. The molecule has 6 heteroatoms. The van der Waals surface area contributed by atoms with Crippen LogP contribution in [0.2, 0.25) is 18.1 Å². The van der Waals surface area contributed by atoms with E-state index >= 15 is 0 Å². The molecule has 0 radical (unpaired) electrons. The Balaban J connectivity index is 4.42. The normalized spacial score (nSPS) is 18.1. The lowest BCUT2D eigenvalue weighted by atomic mass is 10.7. The minimum absolute atomic E-state index is 0.240. The predicted molar refractivity (Wildman–Crippen MR) is 106 cm³/mol. The smallest absolute Gasteiger partial charge is 0.271 e. The van der Waals surface area contributed by atoms with Crippen LogP contribution in [0.5, 0.6) is 0 Å². The van der Waals surface area contributed by atoms with E-state index in [1.165, 1.54) is 0 Å². The van der Waals surface area contributed by atoms with E-state index in [4.69, 9.17) is 14.2 Å². The topological polar surface area (TPSA) is 27.7 Å². The van der Waals surface area contributed by atoms with Crippen molar-refractivity contribution in [2.75, 3.05) is 0 Å². The number of allylic oxidation sites excluding steroid dienone is 3. The Morgan fingerprint density at radius 2 is 0.955 bits per heavy atom. The summed E-state index contributed by atoms with van der Waals surface area (Å²) in [5.41, 5.74) is 0.721. The van der Waals surface area contributed by atoms with E-state index < -0.39 is 6.48 Å². The van der Waals surface area contributed by atoms with Gasteiger partial charge in [0.2, 0.25) is 0 Å². The first-order valence-corrected chi connectivity index (χ1v) is 13.8. The van der Waals surface area contributed by atoms with Crippen LogP contribution in [-0.4, -0.2) is 52.2 Å². The highest BCUT2D eigenvalue weighted by molar-refractivity contribution is 6.38. The van der Waals surface area contributed by atoms with Gasteiger partial charge in [0.05, 0.1) is 28.6 Å². The van der Waals surface area contributed by atoms with Crippen LogP contribution >= 0.6 is 0 Å². The minimum atomic E-state index is -0.521. The minimum Gasteiger partial charge on any atom is -0.331 e. The molecule has 0 aliphatic heterocycles. The second-order valence-corrected chi connectivity index (χ2v) is 12.6. The Bertz CT molecular complexity index is 265. The van der Waals surface area contributed by atoms with Gasteiger partial charge in [-0.2, -0.15) is 0 Å². The van der Waals surface area contributed by atoms with Crippen molar-refractivity contribution in [3.8, 4) is 0 Å². The van der Waals surface area contributed by atoms with Crippen molar-refractivity contribution in [2.45, 2.75) is 62.6 Å². The van der Waals surface area contributed by atoms with E-state index in [2.05, 4.69) is 40.5 Å². The van der Waals surface area contributed by atoms with Crippen molar-refractivity contribution in [1.29, 1.82) is 0 Å². The third-order valence-electron chi connectivity index (χ3n) is 3.36. The molecule has 0 bridgehead atoms. The van der Waals surface area contributed by atoms with Gasteiger partial charge in [-0.1, -0.05) is 18.2 Å². The third-order valence-corrected chi connectivity index (χ3v) is 8.60. The van der Waals surface area contributed by atoms with Gasteiger partial charge in [0.15, 0.2) is 0 Å². The van der Waals surface area contributed by atoms with Crippen LogP contribution in [0.3, 0.4) is 0 Å². The van der Waals surface area contributed by atoms with E-state index in [-0.39, 0.29) is 45.7 Å². The highest BCUT2D eigenvalue weighted by atomic mass is 28.2. The monoisotopic (exact) mass is 358 g/mol. The lowest BCUT2D eigenvalue weighted by Crippen LogP contribution is -2.36. The molecular weight excluding hydrogens is 324 g/mol. The van der Waals surface area contributed by atoms with Crippen LogP contribution in [0.4, 0.5) is 0 Å². The maximum absolute atomic E-state index is 6.02. The second-order valence-electron chi connectivity index (χ2n) is 5.73. The Labute approximate surface area is 143 Å².